The Kier molecular flexibility index (Phi) is 4.64. The summed E-state index contributed by atoms with van der Waals surface area (Å²) >= 11 is 5.98. The van der Waals surface area contributed by atoms with E-state index in [1.165, 1.54) is 5.56 Å². The number of benzene rings is 1. The average Bonchev–Trinajstić information content (AvgIpc) is 2.69. The van der Waals surface area contributed by atoms with Crippen LogP contribution in [0.2, 0.25) is 5.02 Å². The van der Waals surface area contributed by atoms with E-state index in [1.54, 1.807) is 0 Å². The molecule has 2 rings (SSSR count). The van der Waals surface area contributed by atoms with Crippen LogP contribution in [0.4, 0.5) is 0 Å². The first-order valence-electron chi connectivity index (χ1n) is 6.29. The van der Waals surface area contributed by atoms with Crippen molar-refractivity contribution in [3.05, 3.63) is 58.0 Å². The van der Waals surface area contributed by atoms with Crippen molar-refractivity contribution in [3.8, 4) is 0 Å². The highest BCUT2D eigenvalue weighted by atomic mass is 35.5. The predicted molar refractivity (Wildman–Crippen MR) is 78.0 cm³/mol. The zero-order valence-corrected chi connectivity index (χ0v) is 12.1. The number of nitrogens with zero attached hydrogens (tertiary/aromatic N) is 1. The van der Waals surface area contributed by atoms with Crippen molar-refractivity contribution in [2.24, 2.45) is 5.73 Å². The lowest BCUT2D eigenvalue weighted by Gasteiger charge is -2.15. The third-order valence-corrected chi connectivity index (χ3v) is 3.26. The molecule has 0 saturated heterocycles. The lowest BCUT2D eigenvalue weighted by Crippen LogP contribution is -2.16. The van der Waals surface area contributed by atoms with E-state index in [9.17, 15) is 0 Å². The number of furan rings is 1. The highest BCUT2D eigenvalue weighted by Crippen LogP contribution is 2.17. The van der Waals surface area contributed by atoms with Gasteiger partial charge < -0.3 is 10.2 Å². The van der Waals surface area contributed by atoms with E-state index in [1.807, 2.05) is 25.1 Å². The van der Waals surface area contributed by atoms with Crippen molar-refractivity contribution in [1.82, 2.24) is 4.90 Å². The van der Waals surface area contributed by atoms with Crippen LogP contribution in [0, 0.1) is 6.92 Å². The Balaban J connectivity index is 1.98. The van der Waals surface area contributed by atoms with Gasteiger partial charge in [-0.05, 0) is 43.3 Å². The molecule has 0 unspecified atom stereocenters. The van der Waals surface area contributed by atoms with Crippen molar-refractivity contribution < 1.29 is 4.42 Å². The summed E-state index contributed by atoms with van der Waals surface area (Å²) in [7, 11) is 2.06. The molecular weight excluding hydrogens is 260 g/mol. The zero-order chi connectivity index (χ0) is 13.8. The van der Waals surface area contributed by atoms with E-state index < -0.39 is 0 Å². The van der Waals surface area contributed by atoms with Gasteiger partial charge in [-0.2, -0.15) is 0 Å². The summed E-state index contributed by atoms with van der Waals surface area (Å²) in [5, 5.41) is 0.769. The SMILES string of the molecule is Cc1cc(CN(C)Cc2cccc(Cl)c2)oc1CN. The standard InChI is InChI=1S/C15H19ClN2O/c1-11-6-14(19-15(11)8-17)10-18(2)9-12-4-3-5-13(16)7-12/h3-7H,8-10,17H2,1-2H3. The fraction of sp³-hybridized carbons (Fsp3) is 0.333. The van der Waals surface area contributed by atoms with Gasteiger partial charge in [-0.15, -0.1) is 0 Å². The zero-order valence-electron chi connectivity index (χ0n) is 11.3. The quantitative estimate of drug-likeness (QED) is 0.912. The summed E-state index contributed by atoms with van der Waals surface area (Å²) in [5.74, 6) is 1.81. The molecular formula is C15H19ClN2O. The fourth-order valence-corrected chi connectivity index (χ4v) is 2.35. The second-order valence-corrected chi connectivity index (χ2v) is 5.26. The van der Waals surface area contributed by atoms with Crippen molar-refractivity contribution in [2.45, 2.75) is 26.6 Å². The highest BCUT2D eigenvalue weighted by molar-refractivity contribution is 6.30. The Labute approximate surface area is 119 Å². The molecule has 2 aromatic rings. The molecule has 0 saturated carbocycles. The minimum atomic E-state index is 0.448. The Morgan fingerprint density at radius 2 is 2.05 bits per heavy atom. The largest absolute Gasteiger partial charge is 0.463 e. The highest BCUT2D eigenvalue weighted by Gasteiger charge is 2.09. The summed E-state index contributed by atoms with van der Waals surface area (Å²) in [4.78, 5) is 2.18. The molecule has 0 aliphatic heterocycles. The van der Waals surface area contributed by atoms with E-state index in [0.29, 0.717) is 6.54 Å². The van der Waals surface area contributed by atoms with Crippen LogP contribution in [-0.4, -0.2) is 11.9 Å². The van der Waals surface area contributed by atoms with Crippen LogP contribution in [0.3, 0.4) is 0 Å². The monoisotopic (exact) mass is 278 g/mol. The van der Waals surface area contributed by atoms with Crippen molar-refractivity contribution in [1.29, 1.82) is 0 Å². The minimum absolute atomic E-state index is 0.448. The molecule has 0 aliphatic carbocycles. The van der Waals surface area contributed by atoms with Gasteiger partial charge in [0, 0.05) is 11.6 Å². The Morgan fingerprint density at radius 1 is 1.26 bits per heavy atom. The maximum Gasteiger partial charge on any atom is 0.120 e. The first kappa shape index (κ1) is 14.1. The predicted octanol–water partition coefficient (Wildman–Crippen LogP) is 3.33. The van der Waals surface area contributed by atoms with Gasteiger partial charge in [0.25, 0.3) is 0 Å². The fourth-order valence-electron chi connectivity index (χ4n) is 2.14. The van der Waals surface area contributed by atoms with E-state index in [0.717, 1.165) is 35.2 Å². The molecule has 0 atom stereocenters. The van der Waals surface area contributed by atoms with Gasteiger partial charge in [0.15, 0.2) is 0 Å². The molecule has 0 fully saturated rings. The second kappa shape index (κ2) is 6.24. The van der Waals surface area contributed by atoms with Crippen molar-refractivity contribution in [3.63, 3.8) is 0 Å². The molecule has 3 nitrogen and oxygen atoms in total. The first-order valence-corrected chi connectivity index (χ1v) is 6.67. The molecule has 0 spiro atoms. The minimum Gasteiger partial charge on any atom is -0.463 e. The van der Waals surface area contributed by atoms with Gasteiger partial charge in [0.05, 0.1) is 13.1 Å². The van der Waals surface area contributed by atoms with Gasteiger partial charge in [0.2, 0.25) is 0 Å². The Hall–Kier alpha value is -1.29. The molecule has 1 aromatic carbocycles. The topological polar surface area (TPSA) is 42.4 Å². The van der Waals surface area contributed by atoms with Gasteiger partial charge in [-0.1, -0.05) is 23.7 Å². The van der Waals surface area contributed by atoms with Crippen LogP contribution in [0.15, 0.2) is 34.7 Å². The van der Waals surface area contributed by atoms with E-state index in [4.69, 9.17) is 21.8 Å². The number of aryl methyl sites for hydroxylation is 1. The first-order chi connectivity index (χ1) is 9.08. The number of rotatable bonds is 5. The van der Waals surface area contributed by atoms with Gasteiger partial charge >= 0.3 is 0 Å². The van der Waals surface area contributed by atoms with Crippen LogP contribution in [0.25, 0.3) is 0 Å². The van der Waals surface area contributed by atoms with Crippen LogP contribution in [-0.2, 0) is 19.6 Å². The molecule has 0 aliphatic rings. The molecule has 102 valence electrons. The summed E-state index contributed by atoms with van der Waals surface area (Å²) in [6.45, 7) is 4.06. The summed E-state index contributed by atoms with van der Waals surface area (Å²) in [5.41, 5.74) is 7.92. The second-order valence-electron chi connectivity index (χ2n) is 4.83. The smallest absolute Gasteiger partial charge is 0.120 e. The van der Waals surface area contributed by atoms with Crippen LogP contribution in [0.1, 0.15) is 22.6 Å². The van der Waals surface area contributed by atoms with Crippen molar-refractivity contribution in [2.75, 3.05) is 7.05 Å². The Morgan fingerprint density at radius 3 is 2.68 bits per heavy atom. The maximum absolute atomic E-state index is 5.98. The molecule has 1 heterocycles. The lowest BCUT2D eigenvalue weighted by molar-refractivity contribution is 0.283. The summed E-state index contributed by atoms with van der Waals surface area (Å²) in [6, 6.07) is 9.96. The third-order valence-electron chi connectivity index (χ3n) is 3.02. The molecule has 19 heavy (non-hydrogen) atoms. The van der Waals surface area contributed by atoms with Crippen LogP contribution < -0.4 is 5.73 Å². The van der Waals surface area contributed by atoms with Crippen molar-refractivity contribution >= 4 is 11.6 Å². The maximum atomic E-state index is 5.98. The molecule has 0 radical (unpaired) electrons. The van der Waals surface area contributed by atoms with E-state index >= 15 is 0 Å². The summed E-state index contributed by atoms with van der Waals surface area (Å²) in [6.07, 6.45) is 0. The number of nitrogens with two attached hydrogens (primary N) is 1. The third kappa shape index (κ3) is 3.83. The number of hydrogen-bond donors (Lipinski definition) is 1. The van der Waals surface area contributed by atoms with E-state index in [2.05, 4.69) is 24.1 Å². The lowest BCUT2D eigenvalue weighted by atomic mass is 10.2. The van der Waals surface area contributed by atoms with Gasteiger partial charge in [-0.25, -0.2) is 0 Å². The Bertz CT molecular complexity index is 551. The molecule has 4 heteroatoms. The van der Waals surface area contributed by atoms with Crippen LogP contribution >= 0.6 is 11.6 Å². The van der Waals surface area contributed by atoms with Gasteiger partial charge in [0.1, 0.15) is 11.5 Å². The van der Waals surface area contributed by atoms with Gasteiger partial charge in [-0.3, -0.25) is 4.90 Å². The average molecular weight is 279 g/mol. The van der Waals surface area contributed by atoms with E-state index in [-0.39, 0.29) is 0 Å². The summed E-state index contributed by atoms with van der Waals surface area (Å²) < 4.78 is 5.70. The van der Waals surface area contributed by atoms with Crippen LogP contribution in [0.5, 0.6) is 0 Å². The number of hydrogen-bond acceptors (Lipinski definition) is 3. The molecule has 1 aromatic heterocycles. The molecule has 0 amide bonds. The molecule has 0 bridgehead atoms. The molecule has 2 N–H and O–H groups in total. The normalized spacial score (nSPS) is 11.2. The number of halogens is 1.